The Morgan fingerprint density at radius 3 is 2.62 bits per heavy atom. The van der Waals surface area contributed by atoms with Crippen LogP contribution in [-0.2, 0) is 4.74 Å². The summed E-state index contributed by atoms with van der Waals surface area (Å²) in [6, 6.07) is 6.66. The summed E-state index contributed by atoms with van der Waals surface area (Å²) in [5.41, 5.74) is 0.947. The standard InChI is InChI=1S/C15H23N3O3/c1-4-21-11-7-10-16-14(19)12-8-5-6-9-13(12)17-15(20)18(2)3/h5-6,8-9H,4,7,10-11H2,1-3H3,(H,16,19)(H,17,20). The zero-order valence-corrected chi connectivity index (χ0v) is 12.8. The highest BCUT2D eigenvalue weighted by molar-refractivity contribution is 6.03. The Labute approximate surface area is 125 Å². The average Bonchev–Trinajstić information content (AvgIpc) is 2.47. The molecule has 0 fully saturated rings. The first-order valence-corrected chi connectivity index (χ1v) is 6.99. The van der Waals surface area contributed by atoms with Crippen LogP contribution in [0.15, 0.2) is 24.3 Å². The zero-order valence-electron chi connectivity index (χ0n) is 12.8. The van der Waals surface area contributed by atoms with Gasteiger partial charge >= 0.3 is 6.03 Å². The van der Waals surface area contributed by atoms with E-state index < -0.39 is 0 Å². The van der Waals surface area contributed by atoms with Gasteiger partial charge in [-0.15, -0.1) is 0 Å². The molecule has 1 aromatic carbocycles. The van der Waals surface area contributed by atoms with E-state index in [1.807, 2.05) is 6.92 Å². The van der Waals surface area contributed by atoms with Gasteiger partial charge in [-0.2, -0.15) is 0 Å². The molecule has 0 saturated carbocycles. The number of benzene rings is 1. The van der Waals surface area contributed by atoms with Crippen LogP contribution < -0.4 is 10.6 Å². The molecule has 0 aliphatic carbocycles. The van der Waals surface area contributed by atoms with Crippen molar-refractivity contribution in [2.24, 2.45) is 0 Å². The number of nitrogens with one attached hydrogen (secondary N) is 2. The van der Waals surface area contributed by atoms with Crippen LogP contribution in [0.1, 0.15) is 23.7 Å². The molecule has 0 aromatic heterocycles. The van der Waals surface area contributed by atoms with Gasteiger partial charge in [-0.3, -0.25) is 4.79 Å². The lowest BCUT2D eigenvalue weighted by Gasteiger charge is -2.15. The van der Waals surface area contributed by atoms with E-state index in [9.17, 15) is 9.59 Å². The maximum Gasteiger partial charge on any atom is 0.321 e. The van der Waals surface area contributed by atoms with Gasteiger partial charge in [0, 0.05) is 33.9 Å². The Balaban J connectivity index is 2.61. The number of hydrogen-bond donors (Lipinski definition) is 2. The first-order chi connectivity index (χ1) is 10.1. The third kappa shape index (κ3) is 5.83. The molecule has 1 aromatic rings. The number of amides is 3. The van der Waals surface area contributed by atoms with Crippen molar-refractivity contribution < 1.29 is 14.3 Å². The van der Waals surface area contributed by atoms with Crippen LogP contribution in [-0.4, -0.2) is 50.7 Å². The minimum absolute atomic E-state index is 0.207. The average molecular weight is 293 g/mol. The van der Waals surface area contributed by atoms with Crippen molar-refractivity contribution in [1.29, 1.82) is 0 Å². The second-order valence-corrected chi connectivity index (χ2v) is 4.68. The van der Waals surface area contributed by atoms with Gasteiger partial charge in [0.25, 0.3) is 5.91 Å². The molecule has 0 aliphatic rings. The molecule has 0 bridgehead atoms. The van der Waals surface area contributed by atoms with Crippen molar-refractivity contribution in [2.75, 3.05) is 39.2 Å². The largest absolute Gasteiger partial charge is 0.382 e. The van der Waals surface area contributed by atoms with Crippen molar-refractivity contribution in [3.8, 4) is 0 Å². The van der Waals surface area contributed by atoms with Crippen molar-refractivity contribution in [3.63, 3.8) is 0 Å². The van der Waals surface area contributed by atoms with Gasteiger partial charge in [0.05, 0.1) is 11.3 Å². The molecule has 0 atom stereocenters. The van der Waals surface area contributed by atoms with E-state index in [-0.39, 0.29) is 11.9 Å². The summed E-state index contributed by atoms with van der Waals surface area (Å²) >= 11 is 0. The van der Waals surface area contributed by atoms with E-state index in [0.29, 0.717) is 31.0 Å². The smallest absolute Gasteiger partial charge is 0.321 e. The number of carbonyl (C=O) groups is 2. The summed E-state index contributed by atoms with van der Waals surface area (Å²) in [6.45, 7) is 3.76. The fourth-order valence-electron chi connectivity index (χ4n) is 1.63. The molecule has 0 radical (unpaired) electrons. The summed E-state index contributed by atoms with van der Waals surface area (Å²) < 4.78 is 5.21. The Bertz CT molecular complexity index is 475. The highest BCUT2D eigenvalue weighted by Crippen LogP contribution is 2.15. The van der Waals surface area contributed by atoms with Gasteiger partial charge in [0.15, 0.2) is 0 Å². The number of nitrogens with zero attached hydrogens (tertiary/aromatic N) is 1. The predicted octanol–water partition coefficient (Wildman–Crippen LogP) is 1.94. The molecule has 0 unspecified atom stereocenters. The number of ether oxygens (including phenoxy) is 1. The molecule has 3 amide bonds. The lowest BCUT2D eigenvalue weighted by atomic mass is 10.1. The van der Waals surface area contributed by atoms with Crippen molar-refractivity contribution in [2.45, 2.75) is 13.3 Å². The zero-order chi connectivity index (χ0) is 15.7. The van der Waals surface area contributed by atoms with Crippen LogP contribution in [0.3, 0.4) is 0 Å². The van der Waals surface area contributed by atoms with Gasteiger partial charge in [0.2, 0.25) is 0 Å². The van der Waals surface area contributed by atoms with Crippen LogP contribution in [0.2, 0.25) is 0 Å². The van der Waals surface area contributed by atoms with Gasteiger partial charge in [-0.05, 0) is 25.5 Å². The van der Waals surface area contributed by atoms with E-state index >= 15 is 0 Å². The maximum atomic E-state index is 12.1. The van der Waals surface area contributed by atoms with Crippen molar-refractivity contribution in [1.82, 2.24) is 10.2 Å². The van der Waals surface area contributed by atoms with Crippen molar-refractivity contribution >= 4 is 17.6 Å². The molecule has 1 rings (SSSR count). The summed E-state index contributed by atoms with van der Waals surface area (Å²) in [5, 5.41) is 5.52. The predicted molar refractivity (Wildman–Crippen MR) is 82.6 cm³/mol. The van der Waals surface area contributed by atoms with Crippen LogP contribution >= 0.6 is 0 Å². The number of urea groups is 1. The van der Waals surface area contributed by atoms with E-state index in [0.717, 1.165) is 6.42 Å². The van der Waals surface area contributed by atoms with Crippen LogP contribution in [0, 0.1) is 0 Å². The Kier molecular flexibility index (Phi) is 7.25. The lowest BCUT2D eigenvalue weighted by Crippen LogP contribution is -2.30. The van der Waals surface area contributed by atoms with E-state index in [4.69, 9.17) is 4.74 Å². The fourth-order valence-corrected chi connectivity index (χ4v) is 1.63. The first-order valence-electron chi connectivity index (χ1n) is 6.99. The SMILES string of the molecule is CCOCCCNC(=O)c1ccccc1NC(=O)N(C)C. The highest BCUT2D eigenvalue weighted by atomic mass is 16.5. The second kappa shape index (κ2) is 8.97. The maximum absolute atomic E-state index is 12.1. The summed E-state index contributed by atoms with van der Waals surface area (Å²) in [5.74, 6) is -0.207. The van der Waals surface area contributed by atoms with Crippen LogP contribution in [0.25, 0.3) is 0 Å². The Morgan fingerprint density at radius 2 is 1.95 bits per heavy atom. The monoisotopic (exact) mass is 293 g/mol. The quantitative estimate of drug-likeness (QED) is 0.755. The second-order valence-electron chi connectivity index (χ2n) is 4.68. The number of para-hydroxylation sites is 1. The number of rotatable bonds is 7. The third-order valence-corrected chi connectivity index (χ3v) is 2.77. The fraction of sp³-hybridized carbons (Fsp3) is 0.467. The van der Waals surface area contributed by atoms with E-state index in [1.165, 1.54) is 4.90 Å². The minimum Gasteiger partial charge on any atom is -0.382 e. The molecule has 6 heteroatoms. The molecular formula is C15H23N3O3. The van der Waals surface area contributed by atoms with Crippen LogP contribution in [0.5, 0.6) is 0 Å². The van der Waals surface area contributed by atoms with Gasteiger partial charge in [-0.25, -0.2) is 4.79 Å². The molecule has 116 valence electrons. The van der Waals surface area contributed by atoms with Gasteiger partial charge in [-0.1, -0.05) is 12.1 Å². The van der Waals surface area contributed by atoms with Crippen molar-refractivity contribution in [3.05, 3.63) is 29.8 Å². The Morgan fingerprint density at radius 1 is 1.24 bits per heavy atom. The van der Waals surface area contributed by atoms with Gasteiger partial charge in [0.1, 0.15) is 0 Å². The number of hydrogen-bond acceptors (Lipinski definition) is 3. The van der Waals surface area contributed by atoms with E-state index in [1.54, 1.807) is 38.4 Å². The summed E-state index contributed by atoms with van der Waals surface area (Å²) in [4.78, 5) is 25.2. The molecule has 2 N–H and O–H groups in total. The normalized spacial score (nSPS) is 10.0. The topological polar surface area (TPSA) is 70.7 Å². The molecular weight excluding hydrogens is 270 g/mol. The third-order valence-electron chi connectivity index (χ3n) is 2.77. The van der Waals surface area contributed by atoms with Crippen LogP contribution in [0.4, 0.5) is 10.5 Å². The molecule has 6 nitrogen and oxygen atoms in total. The Hall–Kier alpha value is -2.08. The summed E-state index contributed by atoms with van der Waals surface area (Å²) in [7, 11) is 3.29. The number of anilines is 1. The molecule has 0 saturated heterocycles. The molecule has 21 heavy (non-hydrogen) atoms. The first kappa shape index (κ1) is 17.0. The van der Waals surface area contributed by atoms with Gasteiger partial charge < -0.3 is 20.3 Å². The number of carbonyl (C=O) groups excluding carboxylic acids is 2. The summed E-state index contributed by atoms with van der Waals surface area (Å²) in [6.07, 6.45) is 0.756. The minimum atomic E-state index is -0.272. The molecule has 0 aliphatic heterocycles. The lowest BCUT2D eigenvalue weighted by molar-refractivity contribution is 0.0945. The van der Waals surface area contributed by atoms with E-state index in [2.05, 4.69) is 10.6 Å². The molecule has 0 spiro atoms. The molecule has 0 heterocycles. The highest BCUT2D eigenvalue weighted by Gasteiger charge is 2.13.